The van der Waals surface area contributed by atoms with Crippen LogP contribution in [0.25, 0.3) is 0 Å². The molecule has 1 aromatic heterocycles. The molecule has 0 saturated carbocycles. The molecule has 2 aromatic rings. The third-order valence-corrected chi connectivity index (χ3v) is 4.98. The molecule has 1 aromatic carbocycles. The van der Waals surface area contributed by atoms with Crippen molar-refractivity contribution in [1.29, 1.82) is 0 Å². The normalized spacial score (nSPS) is 12.8. The van der Waals surface area contributed by atoms with Crippen molar-refractivity contribution < 1.29 is 4.39 Å². The number of nitrogens with two attached hydrogens (primary N) is 1. The predicted octanol–water partition coefficient (Wildman–Crippen LogP) is 4.77. The van der Waals surface area contributed by atoms with Crippen molar-refractivity contribution in [2.24, 2.45) is 5.73 Å². The van der Waals surface area contributed by atoms with Gasteiger partial charge in [0.25, 0.3) is 0 Å². The van der Waals surface area contributed by atoms with Crippen LogP contribution in [-0.2, 0) is 0 Å². The first-order chi connectivity index (χ1) is 7.99. The summed E-state index contributed by atoms with van der Waals surface area (Å²) in [6.07, 6.45) is 0. The van der Waals surface area contributed by atoms with Crippen molar-refractivity contribution in [3.05, 3.63) is 54.3 Å². The first-order valence-electron chi connectivity index (χ1n) is 4.95. The van der Waals surface area contributed by atoms with Crippen LogP contribution in [0.3, 0.4) is 0 Å². The maximum absolute atomic E-state index is 13.3. The molecule has 0 amide bonds. The summed E-state index contributed by atoms with van der Waals surface area (Å²) in [5, 5.41) is 0. The molecule has 5 heteroatoms. The number of aryl methyl sites for hydroxylation is 1. The highest BCUT2D eigenvalue weighted by atomic mass is 79.9. The predicted molar refractivity (Wildman–Crippen MR) is 76.9 cm³/mol. The molecule has 1 nitrogen and oxygen atoms in total. The maximum atomic E-state index is 13.3. The Morgan fingerprint density at radius 1 is 1.24 bits per heavy atom. The largest absolute Gasteiger partial charge is 0.320 e. The van der Waals surface area contributed by atoms with E-state index in [1.54, 1.807) is 17.4 Å². The molecular formula is C12H10Br2FNS. The summed E-state index contributed by atoms with van der Waals surface area (Å²) in [7, 11) is 0. The van der Waals surface area contributed by atoms with Gasteiger partial charge in [-0.25, -0.2) is 4.39 Å². The fourth-order valence-electron chi connectivity index (χ4n) is 1.68. The number of thiophene rings is 1. The van der Waals surface area contributed by atoms with Crippen molar-refractivity contribution >= 4 is 43.2 Å². The summed E-state index contributed by atoms with van der Waals surface area (Å²) in [5.41, 5.74) is 8.97. The van der Waals surface area contributed by atoms with Crippen LogP contribution >= 0.6 is 43.2 Å². The second-order valence-corrected chi connectivity index (χ2v) is 7.51. The van der Waals surface area contributed by atoms with Crippen LogP contribution in [0.4, 0.5) is 4.39 Å². The third kappa shape index (κ3) is 2.78. The summed E-state index contributed by atoms with van der Waals surface area (Å²) < 4.78 is 15.2. The fourth-order valence-corrected chi connectivity index (χ4v) is 4.61. The van der Waals surface area contributed by atoms with Crippen molar-refractivity contribution in [3.63, 3.8) is 0 Å². The number of halogens is 3. The lowest BCUT2D eigenvalue weighted by molar-refractivity contribution is 0.622. The van der Waals surface area contributed by atoms with Gasteiger partial charge in [-0.15, -0.1) is 11.3 Å². The lowest BCUT2D eigenvalue weighted by Crippen LogP contribution is -2.13. The van der Waals surface area contributed by atoms with Gasteiger partial charge in [-0.3, -0.25) is 0 Å². The molecule has 2 N–H and O–H groups in total. The van der Waals surface area contributed by atoms with Crippen LogP contribution in [0, 0.1) is 12.7 Å². The number of rotatable bonds is 2. The molecule has 1 unspecified atom stereocenters. The van der Waals surface area contributed by atoms with Crippen LogP contribution < -0.4 is 5.73 Å². The van der Waals surface area contributed by atoms with Crippen molar-refractivity contribution in [1.82, 2.24) is 0 Å². The zero-order valence-electron chi connectivity index (χ0n) is 9.01. The van der Waals surface area contributed by atoms with Crippen LogP contribution in [0.1, 0.15) is 22.7 Å². The topological polar surface area (TPSA) is 26.0 Å². The molecule has 0 fully saturated rings. The Morgan fingerprint density at radius 2 is 1.94 bits per heavy atom. The van der Waals surface area contributed by atoms with E-state index in [0.717, 1.165) is 24.3 Å². The minimum atomic E-state index is -0.317. The molecule has 0 aliphatic carbocycles. The molecule has 1 heterocycles. The number of hydrogen-bond acceptors (Lipinski definition) is 2. The molecule has 1 atom stereocenters. The standard InChI is InChI=1S/C12H10Br2FNS/c1-6-2-3-7(15)4-8(6)11(16)9-5-10(13)17-12(9)14/h2-5,11H,16H2,1H3. The molecule has 0 spiro atoms. The average Bonchev–Trinajstić information content (AvgIpc) is 2.60. The van der Waals surface area contributed by atoms with E-state index in [-0.39, 0.29) is 11.9 Å². The van der Waals surface area contributed by atoms with E-state index in [1.165, 1.54) is 12.1 Å². The second kappa shape index (κ2) is 5.18. The van der Waals surface area contributed by atoms with E-state index in [1.807, 2.05) is 13.0 Å². The Kier molecular flexibility index (Phi) is 4.02. The van der Waals surface area contributed by atoms with Gasteiger partial charge in [0.2, 0.25) is 0 Å². The zero-order chi connectivity index (χ0) is 12.6. The number of hydrogen-bond donors (Lipinski definition) is 1. The Balaban J connectivity index is 2.46. The van der Waals surface area contributed by atoms with Crippen LogP contribution in [0.5, 0.6) is 0 Å². The lowest BCUT2D eigenvalue weighted by atomic mass is 9.98. The van der Waals surface area contributed by atoms with E-state index < -0.39 is 0 Å². The van der Waals surface area contributed by atoms with Crippen LogP contribution in [-0.4, -0.2) is 0 Å². The van der Waals surface area contributed by atoms with Gasteiger partial charge in [-0.2, -0.15) is 0 Å². The summed E-state index contributed by atoms with van der Waals surface area (Å²) >= 11 is 8.45. The van der Waals surface area contributed by atoms with Gasteiger partial charge in [-0.1, -0.05) is 6.07 Å². The Bertz CT molecular complexity index is 553. The molecule has 0 aliphatic heterocycles. The molecule has 0 saturated heterocycles. The number of benzene rings is 1. The molecule has 0 radical (unpaired) electrons. The van der Waals surface area contributed by atoms with Gasteiger partial charge in [0.15, 0.2) is 0 Å². The van der Waals surface area contributed by atoms with Crippen LogP contribution in [0.15, 0.2) is 31.8 Å². The first kappa shape index (κ1) is 13.2. The van der Waals surface area contributed by atoms with Crippen molar-refractivity contribution in [2.45, 2.75) is 13.0 Å². The SMILES string of the molecule is Cc1ccc(F)cc1C(N)c1cc(Br)sc1Br. The highest BCUT2D eigenvalue weighted by Crippen LogP contribution is 2.37. The Labute approximate surface area is 120 Å². The minimum Gasteiger partial charge on any atom is -0.320 e. The minimum absolute atomic E-state index is 0.258. The molecular weight excluding hydrogens is 369 g/mol. The summed E-state index contributed by atoms with van der Waals surface area (Å²) in [4.78, 5) is 0. The fraction of sp³-hybridized carbons (Fsp3) is 0.167. The second-order valence-electron chi connectivity index (χ2n) is 3.76. The lowest BCUT2D eigenvalue weighted by Gasteiger charge is -2.14. The quantitative estimate of drug-likeness (QED) is 0.800. The smallest absolute Gasteiger partial charge is 0.123 e. The Hall–Kier alpha value is -0.230. The summed E-state index contributed by atoms with van der Waals surface area (Å²) in [6.45, 7) is 1.93. The molecule has 0 bridgehead atoms. The van der Waals surface area contributed by atoms with Crippen LogP contribution in [0.2, 0.25) is 0 Å². The van der Waals surface area contributed by atoms with Gasteiger partial charge in [0, 0.05) is 0 Å². The molecule has 17 heavy (non-hydrogen) atoms. The van der Waals surface area contributed by atoms with Gasteiger partial charge >= 0.3 is 0 Å². The van der Waals surface area contributed by atoms with E-state index in [2.05, 4.69) is 31.9 Å². The molecule has 2 rings (SSSR count). The molecule has 0 aliphatic rings. The first-order valence-corrected chi connectivity index (χ1v) is 7.35. The van der Waals surface area contributed by atoms with Crippen molar-refractivity contribution in [2.75, 3.05) is 0 Å². The van der Waals surface area contributed by atoms with Gasteiger partial charge in [0.05, 0.1) is 13.6 Å². The highest BCUT2D eigenvalue weighted by Gasteiger charge is 2.17. The third-order valence-electron chi connectivity index (χ3n) is 2.59. The Morgan fingerprint density at radius 3 is 2.53 bits per heavy atom. The zero-order valence-corrected chi connectivity index (χ0v) is 13.0. The van der Waals surface area contributed by atoms with E-state index in [4.69, 9.17) is 5.73 Å². The summed E-state index contributed by atoms with van der Waals surface area (Å²) in [5.74, 6) is -0.258. The van der Waals surface area contributed by atoms with E-state index >= 15 is 0 Å². The molecule has 90 valence electrons. The maximum Gasteiger partial charge on any atom is 0.123 e. The summed E-state index contributed by atoms with van der Waals surface area (Å²) in [6, 6.07) is 6.34. The monoisotopic (exact) mass is 377 g/mol. The van der Waals surface area contributed by atoms with Gasteiger partial charge in [0.1, 0.15) is 5.82 Å². The van der Waals surface area contributed by atoms with E-state index in [9.17, 15) is 4.39 Å². The van der Waals surface area contributed by atoms with Gasteiger partial charge < -0.3 is 5.73 Å². The van der Waals surface area contributed by atoms with Gasteiger partial charge in [-0.05, 0) is 73.7 Å². The van der Waals surface area contributed by atoms with Crippen molar-refractivity contribution in [3.8, 4) is 0 Å². The highest BCUT2D eigenvalue weighted by molar-refractivity contribution is 9.12. The average molecular weight is 379 g/mol. The van der Waals surface area contributed by atoms with E-state index in [0.29, 0.717) is 0 Å².